The van der Waals surface area contributed by atoms with E-state index in [9.17, 15) is 22.4 Å². The van der Waals surface area contributed by atoms with Crippen LogP contribution in [0.3, 0.4) is 0 Å². The SMILES string of the molecule is O=C(c1cccc(F)n1)N(Cc1ccco1)CC(F)(F)F. The van der Waals surface area contributed by atoms with Gasteiger partial charge in [-0.25, -0.2) is 4.98 Å². The number of alkyl halides is 3. The van der Waals surface area contributed by atoms with Crippen LogP contribution in [0.1, 0.15) is 16.2 Å². The minimum absolute atomic E-state index is 0.184. The summed E-state index contributed by atoms with van der Waals surface area (Å²) in [6.07, 6.45) is -3.30. The van der Waals surface area contributed by atoms with E-state index in [0.29, 0.717) is 4.90 Å². The van der Waals surface area contributed by atoms with E-state index in [1.807, 2.05) is 0 Å². The van der Waals surface area contributed by atoms with Gasteiger partial charge in [-0.2, -0.15) is 17.6 Å². The zero-order valence-electron chi connectivity index (χ0n) is 10.6. The van der Waals surface area contributed by atoms with E-state index in [1.165, 1.54) is 24.5 Å². The molecule has 2 heterocycles. The van der Waals surface area contributed by atoms with Crippen molar-refractivity contribution in [3.63, 3.8) is 0 Å². The van der Waals surface area contributed by atoms with Crippen molar-refractivity contribution in [3.8, 4) is 0 Å². The summed E-state index contributed by atoms with van der Waals surface area (Å²) in [4.78, 5) is 15.9. The fourth-order valence-corrected chi connectivity index (χ4v) is 1.70. The Morgan fingerprint density at radius 2 is 2.00 bits per heavy atom. The highest BCUT2D eigenvalue weighted by Gasteiger charge is 2.34. The van der Waals surface area contributed by atoms with Gasteiger partial charge >= 0.3 is 6.18 Å². The van der Waals surface area contributed by atoms with E-state index in [0.717, 1.165) is 12.1 Å². The number of carbonyl (C=O) groups is 1. The van der Waals surface area contributed by atoms with Gasteiger partial charge in [-0.05, 0) is 24.3 Å². The van der Waals surface area contributed by atoms with Crippen molar-refractivity contribution < 1.29 is 26.8 Å². The predicted octanol–water partition coefficient (Wildman–Crippen LogP) is 3.02. The third-order valence-electron chi connectivity index (χ3n) is 2.52. The molecule has 0 aliphatic carbocycles. The van der Waals surface area contributed by atoms with Crippen molar-refractivity contribution in [3.05, 3.63) is 54.0 Å². The maximum absolute atomic E-state index is 13.0. The smallest absolute Gasteiger partial charge is 0.406 e. The quantitative estimate of drug-likeness (QED) is 0.644. The van der Waals surface area contributed by atoms with Crippen LogP contribution in [-0.2, 0) is 6.54 Å². The van der Waals surface area contributed by atoms with Crippen molar-refractivity contribution in [1.29, 1.82) is 0 Å². The normalized spacial score (nSPS) is 11.4. The molecular formula is C13H10F4N2O2. The minimum Gasteiger partial charge on any atom is -0.467 e. The molecule has 112 valence electrons. The van der Waals surface area contributed by atoms with E-state index < -0.39 is 30.3 Å². The molecular weight excluding hydrogens is 292 g/mol. The fourth-order valence-electron chi connectivity index (χ4n) is 1.70. The molecule has 0 atom stereocenters. The highest BCUT2D eigenvalue weighted by molar-refractivity contribution is 5.92. The molecule has 0 aromatic carbocycles. The average Bonchev–Trinajstić information content (AvgIpc) is 2.88. The van der Waals surface area contributed by atoms with Crippen molar-refractivity contribution >= 4 is 5.91 Å². The fraction of sp³-hybridized carbons (Fsp3) is 0.231. The molecule has 2 rings (SSSR count). The summed E-state index contributed by atoms with van der Waals surface area (Å²) in [5.74, 6) is -1.78. The standard InChI is InChI=1S/C13H10F4N2O2/c14-11-5-1-4-10(18-11)12(20)19(8-13(15,16)17)7-9-3-2-6-21-9/h1-6H,7-8H2. The number of amides is 1. The maximum Gasteiger partial charge on any atom is 0.406 e. The van der Waals surface area contributed by atoms with Gasteiger partial charge in [0.15, 0.2) is 0 Å². The Balaban J connectivity index is 2.23. The lowest BCUT2D eigenvalue weighted by Crippen LogP contribution is -2.38. The van der Waals surface area contributed by atoms with Crippen LogP contribution >= 0.6 is 0 Å². The molecule has 1 amide bonds. The largest absolute Gasteiger partial charge is 0.467 e. The van der Waals surface area contributed by atoms with E-state index >= 15 is 0 Å². The number of nitrogens with zero attached hydrogens (tertiary/aromatic N) is 2. The second-order valence-electron chi connectivity index (χ2n) is 4.20. The first-order valence-electron chi connectivity index (χ1n) is 5.86. The van der Waals surface area contributed by atoms with Gasteiger partial charge in [0.1, 0.15) is 18.0 Å². The van der Waals surface area contributed by atoms with Crippen LogP contribution in [0.25, 0.3) is 0 Å². The minimum atomic E-state index is -4.59. The van der Waals surface area contributed by atoms with Gasteiger partial charge < -0.3 is 9.32 Å². The van der Waals surface area contributed by atoms with Crippen molar-refractivity contribution in [2.75, 3.05) is 6.54 Å². The van der Waals surface area contributed by atoms with Crippen LogP contribution in [0.2, 0.25) is 0 Å². The monoisotopic (exact) mass is 302 g/mol. The zero-order valence-corrected chi connectivity index (χ0v) is 10.6. The first kappa shape index (κ1) is 15.0. The van der Waals surface area contributed by atoms with Crippen molar-refractivity contribution in [1.82, 2.24) is 9.88 Å². The summed E-state index contributed by atoms with van der Waals surface area (Å²) in [7, 11) is 0. The molecule has 8 heteroatoms. The number of halogens is 4. The van der Waals surface area contributed by atoms with Gasteiger partial charge in [0.2, 0.25) is 5.95 Å². The Kier molecular flexibility index (Phi) is 4.25. The summed E-state index contributed by atoms with van der Waals surface area (Å²) in [5, 5.41) is 0. The molecule has 0 unspecified atom stereocenters. The number of hydrogen-bond acceptors (Lipinski definition) is 3. The molecule has 0 spiro atoms. The Hall–Kier alpha value is -2.38. The van der Waals surface area contributed by atoms with Crippen LogP contribution < -0.4 is 0 Å². The Bertz CT molecular complexity index is 611. The lowest BCUT2D eigenvalue weighted by atomic mass is 10.3. The molecule has 0 saturated carbocycles. The third kappa shape index (κ3) is 4.30. The summed E-state index contributed by atoms with van der Waals surface area (Å²) < 4.78 is 55.6. The summed E-state index contributed by atoms with van der Waals surface area (Å²) in [5.41, 5.74) is -0.397. The number of hydrogen-bond donors (Lipinski definition) is 0. The zero-order chi connectivity index (χ0) is 15.5. The third-order valence-corrected chi connectivity index (χ3v) is 2.52. The van der Waals surface area contributed by atoms with E-state index in [2.05, 4.69) is 4.98 Å². The van der Waals surface area contributed by atoms with Crippen molar-refractivity contribution in [2.24, 2.45) is 0 Å². The van der Waals surface area contributed by atoms with Gasteiger partial charge in [0, 0.05) is 0 Å². The number of aromatic nitrogens is 1. The first-order valence-corrected chi connectivity index (χ1v) is 5.86. The van der Waals surface area contributed by atoms with Crippen LogP contribution in [0.15, 0.2) is 41.0 Å². The van der Waals surface area contributed by atoms with E-state index in [-0.39, 0.29) is 12.3 Å². The Labute approximate surface area is 117 Å². The number of pyridine rings is 1. The summed E-state index contributed by atoms with van der Waals surface area (Å²) in [6, 6.07) is 6.28. The molecule has 0 saturated heterocycles. The highest BCUT2D eigenvalue weighted by atomic mass is 19.4. The molecule has 21 heavy (non-hydrogen) atoms. The second-order valence-corrected chi connectivity index (χ2v) is 4.20. The summed E-state index contributed by atoms with van der Waals surface area (Å²) >= 11 is 0. The number of furan rings is 1. The van der Waals surface area contributed by atoms with Crippen LogP contribution in [-0.4, -0.2) is 28.5 Å². The van der Waals surface area contributed by atoms with Crippen molar-refractivity contribution in [2.45, 2.75) is 12.7 Å². The van der Waals surface area contributed by atoms with Crippen LogP contribution in [0.4, 0.5) is 17.6 Å². The van der Waals surface area contributed by atoms with Crippen LogP contribution in [0.5, 0.6) is 0 Å². The molecule has 0 radical (unpaired) electrons. The highest BCUT2D eigenvalue weighted by Crippen LogP contribution is 2.20. The molecule has 0 bridgehead atoms. The van der Waals surface area contributed by atoms with Gasteiger partial charge in [0.05, 0.1) is 12.8 Å². The van der Waals surface area contributed by atoms with E-state index in [1.54, 1.807) is 0 Å². The lowest BCUT2D eigenvalue weighted by Gasteiger charge is -2.22. The van der Waals surface area contributed by atoms with Crippen LogP contribution in [0, 0.1) is 5.95 Å². The van der Waals surface area contributed by atoms with Gasteiger partial charge in [0.25, 0.3) is 5.91 Å². The molecule has 0 fully saturated rings. The molecule has 4 nitrogen and oxygen atoms in total. The Morgan fingerprint density at radius 3 is 2.57 bits per heavy atom. The average molecular weight is 302 g/mol. The molecule has 0 N–H and O–H groups in total. The maximum atomic E-state index is 13.0. The predicted molar refractivity (Wildman–Crippen MR) is 63.7 cm³/mol. The lowest BCUT2D eigenvalue weighted by molar-refractivity contribution is -0.142. The first-order chi connectivity index (χ1) is 9.85. The molecule has 2 aromatic heterocycles. The second kappa shape index (κ2) is 5.94. The molecule has 0 aliphatic heterocycles. The molecule has 2 aromatic rings. The topological polar surface area (TPSA) is 46.3 Å². The van der Waals surface area contributed by atoms with Gasteiger partial charge in [-0.1, -0.05) is 6.07 Å². The number of carbonyl (C=O) groups excluding carboxylic acids is 1. The van der Waals surface area contributed by atoms with Gasteiger partial charge in [-0.15, -0.1) is 0 Å². The summed E-state index contributed by atoms with van der Waals surface area (Å²) in [6.45, 7) is -1.87. The van der Waals surface area contributed by atoms with E-state index in [4.69, 9.17) is 4.42 Å². The van der Waals surface area contributed by atoms with Gasteiger partial charge in [-0.3, -0.25) is 4.79 Å². The number of rotatable bonds is 4. The Morgan fingerprint density at radius 1 is 1.24 bits per heavy atom. The molecule has 0 aliphatic rings.